The molecule has 3 heterocycles. The second-order valence-electron chi connectivity index (χ2n) is 3.16. The molecule has 0 aromatic carbocycles. The molecule has 0 saturated carbocycles. The molecule has 1 aliphatic heterocycles. The first-order chi connectivity index (χ1) is 7.84. The molecule has 0 saturated heterocycles. The quantitative estimate of drug-likeness (QED) is 0.829. The Labute approximate surface area is 100 Å². The maximum atomic E-state index is 11.3. The number of nitrogens with one attached hydrogen (secondary N) is 1. The predicted molar refractivity (Wildman–Crippen MR) is 64.5 cm³/mol. The number of quaternary nitrogens is 1. The van der Waals surface area contributed by atoms with Crippen molar-refractivity contribution in [3.63, 3.8) is 0 Å². The topological polar surface area (TPSA) is 40.0 Å². The summed E-state index contributed by atoms with van der Waals surface area (Å²) in [5.74, 6) is 0. The molecule has 3 rings (SSSR count). The number of thiophene rings is 2. The van der Waals surface area contributed by atoms with E-state index in [2.05, 4.69) is 0 Å². The average Bonchev–Trinajstić information content (AvgIpc) is 2.98. The van der Waals surface area contributed by atoms with E-state index in [0.717, 1.165) is 15.6 Å². The molecule has 0 fully saturated rings. The molecule has 6 heteroatoms. The van der Waals surface area contributed by atoms with Crippen LogP contribution in [-0.2, 0) is 4.94 Å². The first-order valence-electron chi connectivity index (χ1n) is 4.66. The summed E-state index contributed by atoms with van der Waals surface area (Å²) in [7, 11) is 0. The Hall–Kier alpha value is -1.18. The van der Waals surface area contributed by atoms with Crippen LogP contribution in [0.2, 0.25) is 0 Å². The standard InChI is InChI=1S/C10H8N2O2S2/c13-11-7-8(9-3-1-5-15-9)12(14-11)10-4-2-6-16-10/h1-7,11H. The van der Waals surface area contributed by atoms with Crippen LogP contribution in [-0.4, -0.2) is 0 Å². The largest absolute Gasteiger partial charge is 0.593 e. The fourth-order valence-electron chi connectivity index (χ4n) is 1.48. The number of hydrogen-bond donors (Lipinski definition) is 1. The van der Waals surface area contributed by atoms with Crippen molar-refractivity contribution in [3.8, 4) is 0 Å². The van der Waals surface area contributed by atoms with E-state index in [0.29, 0.717) is 0 Å². The molecule has 0 radical (unpaired) electrons. The minimum atomic E-state index is -0.322. The summed E-state index contributed by atoms with van der Waals surface area (Å²) in [6.45, 7) is 0. The number of rotatable bonds is 2. The van der Waals surface area contributed by atoms with E-state index in [9.17, 15) is 5.21 Å². The fourth-order valence-corrected chi connectivity index (χ4v) is 2.89. The molecule has 0 aliphatic carbocycles. The second-order valence-corrected chi connectivity index (χ2v) is 5.04. The van der Waals surface area contributed by atoms with Crippen molar-refractivity contribution in [1.29, 1.82) is 0 Å². The van der Waals surface area contributed by atoms with Crippen LogP contribution in [0.5, 0.6) is 0 Å². The summed E-state index contributed by atoms with van der Waals surface area (Å²) >= 11 is 3.12. The van der Waals surface area contributed by atoms with Crippen molar-refractivity contribution in [2.75, 3.05) is 5.06 Å². The molecule has 2 aromatic rings. The second kappa shape index (κ2) is 4.00. The van der Waals surface area contributed by atoms with Gasteiger partial charge in [0.05, 0.1) is 4.88 Å². The van der Waals surface area contributed by atoms with Gasteiger partial charge in [-0.1, -0.05) is 11.0 Å². The minimum absolute atomic E-state index is 0.322. The van der Waals surface area contributed by atoms with E-state index in [1.807, 2.05) is 35.0 Å². The van der Waals surface area contributed by atoms with E-state index < -0.39 is 0 Å². The van der Waals surface area contributed by atoms with Crippen molar-refractivity contribution >= 4 is 33.4 Å². The Balaban J connectivity index is 1.99. The maximum Gasteiger partial charge on any atom is 0.157 e. The number of anilines is 1. The van der Waals surface area contributed by atoms with Crippen LogP contribution in [0.3, 0.4) is 0 Å². The lowest BCUT2D eigenvalue weighted by Gasteiger charge is -2.16. The third-order valence-corrected chi connectivity index (χ3v) is 3.86. The first-order valence-corrected chi connectivity index (χ1v) is 6.42. The number of nitrogens with zero attached hydrogens (tertiary/aromatic N) is 1. The summed E-state index contributed by atoms with van der Waals surface area (Å²) in [5, 5.41) is 17.4. The summed E-state index contributed by atoms with van der Waals surface area (Å²) < 4.78 is 0. The van der Waals surface area contributed by atoms with Crippen LogP contribution in [0.25, 0.3) is 5.70 Å². The Bertz CT molecular complexity index is 493. The molecule has 1 aliphatic rings. The normalized spacial score (nSPS) is 20.2. The molecule has 0 spiro atoms. The number of hydroxylamine groups is 3. The van der Waals surface area contributed by atoms with E-state index in [4.69, 9.17) is 4.94 Å². The molecular weight excluding hydrogens is 244 g/mol. The van der Waals surface area contributed by atoms with Gasteiger partial charge < -0.3 is 5.21 Å². The highest BCUT2D eigenvalue weighted by atomic mass is 32.1. The predicted octanol–water partition coefficient (Wildman–Crippen LogP) is 1.86. The lowest BCUT2D eigenvalue weighted by atomic mass is 10.3. The van der Waals surface area contributed by atoms with E-state index >= 15 is 0 Å². The summed E-state index contributed by atoms with van der Waals surface area (Å²) in [5.41, 5.74) is 0.808. The highest BCUT2D eigenvalue weighted by Crippen LogP contribution is 2.32. The molecule has 1 N–H and O–H groups in total. The van der Waals surface area contributed by atoms with Gasteiger partial charge in [0.2, 0.25) is 0 Å². The van der Waals surface area contributed by atoms with Crippen molar-refractivity contribution in [2.24, 2.45) is 0 Å². The molecular formula is C10H8N2O2S2. The Morgan fingerprint density at radius 1 is 1.19 bits per heavy atom. The van der Waals surface area contributed by atoms with E-state index in [-0.39, 0.29) is 5.23 Å². The van der Waals surface area contributed by atoms with Crippen molar-refractivity contribution in [2.45, 2.75) is 0 Å². The van der Waals surface area contributed by atoms with Gasteiger partial charge in [0, 0.05) is 0 Å². The summed E-state index contributed by atoms with van der Waals surface area (Å²) in [6, 6.07) is 7.78. The van der Waals surface area contributed by atoms with Crippen molar-refractivity contribution < 1.29 is 10.2 Å². The number of hydrogen-bond acceptors (Lipinski definition) is 5. The van der Waals surface area contributed by atoms with Gasteiger partial charge in [0.1, 0.15) is 10.7 Å². The molecule has 0 bridgehead atoms. The van der Waals surface area contributed by atoms with Gasteiger partial charge in [-0.3, -0.25) is 0 Å². The van der Waals surface area contributed by atoms with Gasteiger partial charge in [-0.2, -0.15) is 10.3 Å². The SMILES string of the molecule is [O-][NH+]1C=C(c2cccs2)N(c2cccs2)O1. The van der Waals surface area contributed by atoms with E-state index in [1.54, 1.807) is 16.4 Å². The fraction of sp³-hybridized carbons (Fsp3) is 0. The zero-order valence-corrected chi connectivity index (χ0v) is 9.75. The third-order valence-electron chi connectivity index (χ3n) is 2.13. The van der Waals surface area contributed by atoms with Crippen molar-refractivity contribution in [3.05, 3.63) is 51.3 Å². The van der Waals surface area contributed by atoms with Crippen LogP contribution in [0.15, 0.2) is 41.2 Å². The van der Waals surface area contributed by atoms with Crippen LogP contribution < -0.4 is 10.3 Å². The Kier molecular flexibility index (Phi) is 2.50. The lowest BCUT2D eigenvalue weighted by molar-refractivity contribution is -1.00. The van der Waals surface area contributed by atoms with E-state index in [1.165, 1.54) is 17.5 Å². The molecule has 82 valence electrons. The summed E-state index contributed by atoms with van der Waals surface area (Å²) in [4.78, 5) is 6.19. The zero-order chi connectivity index (χ0) is 11.0. The monoisotopic (exact) mass is 252 g/mol. The van der Waals surface area contributed by atoms with Gasteiger partial charge in [0.25, 0.3) is 0 Å². The molecule has 4 nitrogen and oxygen atoms in total. The van der Waals surface area contributed by atoms with Gasteiger partial charge in [-0.15, -0.1) is 22.7 Å². The summed E-state index contributed by atoms with van der Waals surface area (Å²) in [6.07, 6.45) is 1.52. The van der Waals surface area contributed by atoms with Crippen LogP contribution >= 0.6 is 22.7 Å². The van der Waals surface area contributed by atoms with Gasteiger partial charge in [-0.25, -0.2) is 0 Å². The van der Waals surface area contributed by atoms with Crippen LogP contribution in [0, 0.1) is 5.21 Å². The zero-order valence-electron chi connectivity index (χ0n) is 8.12. The minimum Gasteiger partial charge on any atom is -0.593 e. The Morgan fingerprint density at radius 2 is 2.00 bits per heavy atom. The van der Waals surface area contributed by atoms with Gasteiger partial charge >= 0.3 is 0 Å². The molecule has 0 amide bonds. The van der Waals surface area contributed by atoms with Crippen LogP contribution in [0.1, 0.15) is 4.88 Å². The third kappa shape index (κ3) is 1.66. The van der Waals surface area contributed by atoms with Crippen LogP contribution in [0.4, 0.5) is 5.00 Å². The van der Waals surface area contributed by atoms with Gasteiger partial charge in [-0.05, 0) is 29.0 Å². The van der Waals surface area contributed by atoms with Crippen molar-refractivity contribution in [1.82, 2.24) is 0 Å². The molecule has 2 aromatic heterocycles. The smallest absolute Gasteiger partial charge is 0.157 e. The first kappa shape index (κ1) is 10.0. The highest BCUT2D eigenvalue weighted by molar-refractivity contribution is 7.14. The van der Waals surface area contributed by atoms with Gasteiger partial charge in [0.15, 0.2) is 6.20 Å². The molecule has 1 atom stereocenters. The highest BCUT2D eigenvalue weighted by Gasteiger charge is 2.27. The Morgan fingerprint density at radius 3 is 2.69 bits per heavy atom. The molecule has 16 heavy (non-hydrogen) atoms. The average molecular weight is 252 g/mol. The molecule has 1 unspecified atom stereocenters. The lowest BCUT2D eigenvalue weighted by Crippen LogP contribution is -3.00. The maximum absolute atomic E-state index is 11.3.